The average molecular weight is 475 g/mol. The monoisotopic (exact) mass is 474 g/mol. The largest absolute Gasteiger partial charge is 0.497 e. The molecule has 0 atom stereocenters. The van der Waals surface area contributed by atoms with Gasteiger partial charge in [-0.15, -0.1) is 0 Å². The van der Waals surface area contributed by atoms with Crippen molar-refractivity contribution in [3.8, 4) is 5.75 Å². The number of methoxy groups -OCH3 is 1. The van der Waals surface area contributed by atoms with Crippen LogP contribution in [0.2, 0.25) is 0 Å². The summed E-state index contributed by atoms with van der Waals surface area (Å²) in [5, 5.41) is 5.94. The molecule has 0 unspecified atom stereocenters. The van der Waals surface area contributed by atoms with E-state index >= 15 is 0 Å². The predicted molar refractivity (Wildman–Crippen MR) is 140 cm³/mol. The Balaban J connectivity index is 1.32. The number of aromatic nitrogens is 2. The number of aryl methyl sites for hydroxylation is 2. The van der Waals surface area contributed by atoms with E-state index in [2.05, 4.69) is 61.6 Å². The lowest BCUT2D eigenvalue weighted by molar-refractivity contribution is 0.0962. The molecular weight excluding hydrogens is 440 g/mol. The first kappa shape index (κ1) is 24.5. The van der Waals surface area contributed by atoms with Crippen LogP contribution in [0.1, 0.15) is 28.4 Å². The number of nitrogens with one attached hydrogen (secondary N) is 2. The lowest BCUT2D eigenvalue weighted by atomic mass is 10.0. The molecule has 4 rings (SSSR count). The second kappa shape index (κ2) is 11.7. The van der Waals surface area contributed by atoms with Gasteiger partial charge in [0, 0.05) is 62.6 Å². The number of piperazine rings is 1. The highest BCUT2D eigenvalue weighted by atomic mass is 16.5. The summed E-state index contributed by atoms with van der Waals surface area (Å²) in [7, 11) is 3.23. The summed E-state index contributed by atoms with van der Waals surface area (Å²) in [5.41, 5.74) is 4.86. The first-order valence-electron chi connectivity index (χ1n) is 12.1. The number of carbonyl (C=O) groups excluding carboxylic acids is 1. The van der Waals surface area contributed by atoms with Crippen molar-refractivity contribution < 1.29 is 9.53 Å². The second-order valence-corrected chi connectivity index (χ2v) is 8.66. The summed E-state index contributed by atoms with van der Waals surface area (Å²) in [6, 6.07) is 14.0. The van der Waals surface area contributed by atoms with Crippen LogP contribution in [0.5, 0.6) is 5.75 Å². The van der Waals surface area contributed by atoms with Gasteiger partial charge in [-0.05, 0) is 73.0 Å². The molecule has 184 valence electrons. The van der Waals surface area contributed by atoms with Crippen molar-refractivity contribution in [1.29, 1.82) is 0 Å². The molecule has 1 fully saturated rings. The van der Waals surface area contributed by atoms with Crippen LogP contribution >= 0.6 is 0 Å². The van der Waals surface area contributed by atoms with Crippen LogP contribution in [0.3, 0.4) is 0 Å². The summed E-state index contributed by atoms with van der Waals surface area (Å²) in [6.45, 7) is 7.69. The Morgan fingerprint density at radius 2 is 1.66 bits per heavy atom. The third-order valence-electron chi connectivity index (χ3n) is 6.41. The Morgan fingerprint density at radius 1 is 0.971 bits per heavy atom. The van der Waals surface area contributed by atoms with E-state index in [4.69, 9.17) is 4.74 Å². The second-order valence-electron chi connectivity index (χ2n) is 8.66. The molecule has 3 aromatic rings. The minimum absolute atomic E-state index is 0.129. The highest BCUT2D eigenvalue weighted by Crippen LogP contribution is 2.22. The van der Waals surface area contributed by atoms with Crippen molar-refractivity contribution in [2.45, 2.75) is 19.8 Å². The molecule has 1 saturated heterocycles. The van der Waals surface area contributed by atoms with Crippen molar-refractivity contribution in [3.63, 3.8) is 0 Å². The summed E-state index contributed by atoms with van der Waals surface area (Å²) >= 11 is 0. The van der Waals surface area contributed by atoms with Gasteiger partial charge in [0.1, 0.15) is 5.75 Å². The first-order valence-corrected chi connectivity index (χ1v) is 12.1. The van der Waals surface area contributed by atoms with Crippen molar-refractivity contribution in [2.75, 3.05) is 57.1 Å². The predicted octanol–water partition coefficient (Wildman–Crippen LogP) is 3.52. The van der Waals surface area contributed by atoms with Gasteiger partial charge in [0.05, 0.1) is 7.11 Å². The highest BCUT2D eigenvalue weighted by Gasteiger charge is 2.15. The van der Waals surface area contributed by atoms with E-state index in [1.54, 1.807) is 20.2 Å². The van der Waals surface area contributed by atoms with Crippen LogP contribution in [0.4, 0.5) is 17.3 Å². The highest BCUT2D eigenvalue weighted by molar-refractivity contribution is 5.94. The topological polar surface area (TPSA) is 82.6 Å². The molecule has 8 heteroatoms. The number of likely N-dealkylation sites (N-methyl/N-ethyl adjacent to an activating group) is 1. The number of carbonyl (C=O) groups is 1. The van der Waals surface area contributed by atoms with Gasteiger partial charge in [0.25, 0.3) is 5.91 Å². The molecule has 0 aliphatic carbocycles. The van der Waals surface area contributed by atoms with E-state index in [1.165, 1.54) is 5.69 Å². The molecule has 2 N–H and O–H groups in total. The molecule has 1 amide bonds. The fraction of sp³-hybridized carbons (Fsp3) is 0.370. The van der Waals surface area contributed by atoms with Gasteiger partial charge in [0.2, 0.25) is 5.95 Å². The maximum atomic E-state index is 12.0. The number of anilines is 3. The molecule has 0 radical (unpaired) electrons. The van der Waals surface area contributed by atoms with E-state index in [9.17, 15) is 4.79 Å². The number of benzene rings is 2. The van der Waals surface area contributed by atoms with Gasteiger partial charge in [-0.3, -0.25) is 4.79 Å². The Labute approximate surface area is 207 Å². The summed E-state index contributed by atoms with van der Waals surface area (Å²) in [5.74, 6) is 1.11. The minimum atomic E-state index is -0.129. The SMILES string of the molecule is CCN1CCN(c2ccc(Nc3ncc(CCc4cc(OC)cc(C(=O)NC)c4)cn3)cc2)CC1. The summed E-state index contributed by atoms with van der Waals surface area (Å²) < 4.78 is 5.35. The molecule has 2 aromatic carbocycles. The summed E-state index contributed by atoms with van der Waals surface area (Å²) in [6.07, 6.45) is 5.21. The Bertz CT molecular complexity index is 1110. The number of amides is 1. The molecule has 0 saturated carbocycles. The number of hydrogen-bond donors (Lipinski definition) is 2. The zero-order valence-electron chi connectivity index (χ0n) is 20.8. The maximum Gasteiger partial charge on any atom is 0.251 e. The van der Waals surface area contributed by atoms with E-state index in [0.717, 1.165) is 62.4 Å². The van der Waals surface area contributed by atoms with Crippen LogP contribution in [0.25, 0.3) is 0 Å². The molecule has 0 spiro atoms. The van der Waals surface area contributed by atoms with Crippen molar-refractivity contribution in [1.82, 2.24) is 20.2 Å². The minimum Gasteiger partial charge on any atom is -0.497 e. The molecule has 1 aromatic heterocycles. The number of nitrogens with zero attached hydrogens (tertiary/aromatic N) is 4. The first-order chi connectivity index (χ1) is 17.1. The third-order valence-corrected chi connectivity index (χ3v) is 6.41. The Hall–Kier alpha value is -3.65. The van der Waals surface area contributed by atoms with E-state index in [-0.39, 0.29) is 5.91 Å². The van der Waals surface area contributed by atoms with Crippen molar-refractivity contribution >= 4 is 23.2 Å². The zero-order valence-corrected chi connectivity index (χ0v) is 20.8. The number of hydrogen-bond acceptors (Lipinski definition) is 7. The molecule has 1 aliphatic rings. The average Bonchev–Trinajstić information content (AvgIpc) is 2.92. The van der Waals surface area contributed by atoms with Gasteiger partial charge in [0.15, 0.2) is 0 Å². The molecule has 2 heterocycles. The summed E-state index contributed by atoms with van der Waals surface area (Å²) in [4.78, 5) is 25.9. The van der Waals surface area contributed by atoms with E-state index < -0.39 is 0 Å². The van der Waals surface area contributed by atoms with Crippen LogP contribution in [-0.4, -0.2) is 67.7 Å². The Morgan fingerprint density at radius 3 is 2.29 bits per heavy atom. The normalized spacial score (nSPS) is 14.0. The lowest BCUT2D eigenvalue weighted by Gasteiger charge is -2.35. The quantitative estimate of drug-likeness (QED) is 0.491. The van der Waals surface area contributed by atoms with Crippen molar-refractivity contribution in [3.05, 3.63) is 71.5 Å². The molecule has 35 heavy (non-hydrogen) atoms. The van der Waals surface area contributed by atoms with Crippen LogP contribution in [-0.2, 0) is 12.8 Å². The smallest absolute Gasteiger partial charge is 0.251 e. The van der Waals surface area contributed by atoms with Crippen LogP contribution in [0.15, 0.2) is 54.9 Å². The van der Waals surface area contributed by atoms with Crippen molar-refractivity contribution in [2.24, 2.45) is 0 Å². The number of rotatable bonds is 9. The van der Waals surface area contributed by atoms with E-state index in [1.807, 2.05) is 24.5 Å². The molecule has 8 nitrogen and oxygen atoms in total. The fourth-order valence-corrected chi connectivity index (χ4v) is 4.24. The van der Waals surface area contributed by atoms with Gasteiger partial charge in [-0.2, -0.15) is 0 Å². The molecular formula is C27H34N6O2. The van der Waals surface area contributed by atoms with Gasteiger partial charge >= 0.3 is 0 Å². The Kier molecular flexibility index (Phi) is 8.15. The molecule has 0 bridgehead atoms. The maximum absolute atomic E-state index is 12.0. The van der Waals surface area contributed by atoms with Crippen LogP contribution < -0.4 is 20.3 Å². The van der Waals surface area contributed by atoms with Gasteiger partial charge < -0.3 is 25.2 Å². The number of ether oxygens (including phenoxy) is 1. The van der Waals surface area contributed by atoms with E-state index in [0.29, 0.717) is 17.3 Å². The molecule has 1 aliphatic heterocycles. The zero-order chi connectivity index (χ0) is 24.6. The third kappa shape index (κ3) is 6.48. The fourth-order valence-electron chi connectivity index (χ4n) is 4.24. The standard InChI is InChI=1S/C27H34N6O2/c1-4-32-11-13-33(14-12-32)24-9-7-23(8-10-24)31-27-29-18-21(19-30-27)6-5-20-15-22(26(34)28-2)17-25(16-20)35-3/h7-10,15-19H,4-6,11-14H2,1-3H3,(H,28,34)(H,29,30,31). The van der Waals surface area contributed by atoms with Gasteiger partial charge in [-0.1, -0.05) is 6.92 Å². The van der Waals surface area contributed by atoms with Crippen LogP contribution in [0, 0.1) is 0 Å². The van der Waals surface area contributed by atoms with Gasteiger partial charge in [-0.25, -0.2) is 9.97 Å². The lowest BCUT2D eigenvalue weighted by Crippen LogP contribution is -2.46.